The number of phosphoric acid groups is 1. The van der Waals surface area contributed by atoms with Gasteiger partial charge in [0.15, 0.2) is 0 Å². The van der Waals surface area contributed by atoms with Crippen LogP contribution in [-0.4, -0.2) is 281 Å². The zero-order valence-electron chi connectivity index (χ0n) is 69.0. The van der Waals surface area contributed by atoms with E-state index in [0.717, 1.165) is 13.8 Å². The molecule has 2 aliphatic heterocycles. The van der Waals surface area contributed by atoms with E-state index in [2.05, 4.69) is 62.7 Å². The first-order valence-electron chi connectivity index (χ1n) is 39.9. The van der Waals surface area contributed by atoms with Crippen LogP contribution >= 0.6 is 7.82 Å². The number of fused-ring (bicyclic) bond motifs is 1. The highest BCUT2D eigenvalue weighted by atomic mass is 31.2. The van der Waals surface area contributed by atoms with Crippen molar-refractivity contribution in [2.24, 2.45) is 35.0 Å². The fourth-order valence-corrected chi connectivity index (χ4v) is 14.1. The molecule has 0 bridgehead atoms. The number of hydrogen-bond acceptors (Lipinski definition) is 25. The van der Waals surface area contributed by atoms with E-state index in [0.29, 0.717) is 48.6 Å². The first-order valence-corrected chi connectivity index (χ1v) is 41.3. The Labute approximate surface area is 697 Å². The lowest BCUT2D eigenvalue weighted by Gasteiger charge is -2.32. The minimum Gasteiger partial charge on any atom is -0.756 e. The lowest BCUT2D eigenvalue weighted by Crippen LogP contribution is -2.62. The average molecular weight is 1730 g/mol. The maximum Gasteiger partial charge on any atom is 0.326 e. The van der Waals surface area contributed by atoms with Gasteiger partial charge >= 0.3 is 17.9 Å². The molecule has 1 aromatic heterocycles. The molecule has 17 atom stereocenters. The van der Waals surface area contributed by atoms with Crippen LogP contribution < -0.4 is 85.9 Å². The van der Waals surface area contributed by atoms with Crippen molar-refractivity contribution >= 4 is 125 Å². The lowest BCUT2D eigenvalue weighted by atomic mass is 9.99. The first kappa shape index (κ1) is 103. The first-order chi connectivity index (χ1) is 56.7. The van der Waals surface area contributed by atoms with Gasteiger partial charge in [-0.15, -0.1) is 0 Å². The molecular weight excluding hydrogens is 1620 g/mol. The van der Waals surface area contributed by atoms with Crippen LogP contribution in [0.25, 0.3) is 10.9 Å². The Morgan fingerprint density at radius 1 is 0.521 bits per heavy atom. The fourth-order valence-electron chi connectivity index (χ4n) is 13.5. The number of primary amides is 1. The number of nitrogens with two attached hydrogens (primary N) is 3. The summed E-state index contributed by atoms with van der Waals surface area (Å²) in [6.07, 6.45) is -3.49. The third-order valence-corrected chi connectivity index (χ3v) is 20.3. The number of hydrogen-bond donors (Lipinski definition) is 22. The average Bonchev–Trinajstić information content (AvgIpc) is 1.61. The van der Waals surface area contributed by atoms with Gasteiger partial charge < -0.3 is 136 Å². The van der Waals surface area contributed by atoms with Crippen LogP contribution in [0, 0.1) is 17.8 Å². The van der Waals surface area contributed by atoms with E-state index in [1.807, 2.05) is 10.6 Å². The van der Waals surface area contributed by atoms with Gasteiger partial charge in [-0.05, 0) is 134 Å². The number of phosphoric ester groups is 1. The molecule has 0 aliphatic carbocycles. The summed E-state index contributed by atoms with van der Waals surface area (Å²) in [6, 6.07) is -17.9. The standard InChI is InChI=1S/C75H119N18O27P/c1-36(2)28-48(65(105)85-50(31-42-33-79-44-17-11-10-16-43(42)44)67(107)81-45(18-12-13-25-76)62(102)88-52(75(115)116)30-38(5)6)84-68(108)51(32-59(99)100)86-70(110)53(34-94)89-61(101)40(8)80-72(112)60(41(9)120-121(117,118)119)91-64(104)47(22-24-58(97)98)82-63(103)46(21-23-57(78)96)83-69(109)54(35-95)90-66(106)49(29-37(3)4)87-71(111)55-19-14-26-92(55)74(114)56-20-15-27-93(56)73(113)39(7)77/h10-11,16-17,33,36-41,45-56,60,79,94-95H,12-15,18-32,34-35,76-77H2,1-9H3,(H2,78,96)(H,80,112)(H,81,107)(H,82,103)(H,83,109)(H,84,108)(H,85,105)(H,86,110)(H,87,111)(H,88,102)(H,89,101)(H,90,106)(H,91,104)(H,97,98)(H,99,100)(H,115,116)(H2,117,118,119)/p-1/t39-,40-,41+,45-,46-,47-,48-,49-,50-,51-,52-,53-,54-,55-,56-,60-/m0/s1. The Hall–Kier alpha value is -10.8. The van der Waals surface area contributed by atoms with E-state index in [-0.39, 0.29) is 70.0 Å². The monoisotopic (exact) mass is 1730 g/mol. The number of rotatable bonds is 52. The predicted molar refractivity (Wildman–Crippen MR) is 425 cm³/mol. The summed E-state index contributed by atoms with van der Waals surface area (Å²) < 4.78 is 16.7. The normalized spacial score (nSPS) is 17.9. The number of H-pyrrole nitrogens is 1. The number of nitrogens with one attached hydrogen (secondary N) is 13. The van der Waals surface area contributed by atoms with Gasteiger partial charge in [0.2, 0.25) is 88.6 Å². The van der Waals surface area contributed by atoms with Crippen LogP contribution in [-0.2, 0) is 102 Å². The van der Waals surface area contributed by atoms with Crippen molar-refractivity contribution in [1.29, 1.82) is 0 Å². The van der Waals surface area contributed by atoms with Gasteiger partial charge in [0, 0.05) is 49.5 Å². The Morgan fingerprint density at radius 3 is 1.47 bits per heavy atom. The van der Waals surface area contributed by atoms with Crippen LogP contribution in [0.4, 0.5) is 0 Å². The molecule has 46 heteroatoms. The van der Waals surface area contributed by atoms with E-state index in [1.165, 1.54) is 16.7 Å². The number of carboxylic acid groups (broad SMARTS) is 3. The van der Waals surface area contributed by atoms with Crippen molar-refractivity contribution in [3.8, 4) is 0 Å². The number of unbranched alkanes of at least 4 members (excludes halogenated alkanes) is 1. The van der Waals surface area contributed by atoms with Crippen molar-refractivity contribution in [2.75, 3.05) is 32.8 Å². The molecule has 1 aromatic carbocycles. The van der Waals surface area contributed by atoms with Gasteiger partial charge in [-0.3, -0.25) is 86.1 Å². The van der Waals surface area contributed by atoms with Gasteiger partial charge in [0.05, 0.1) is 31.8 Å². The maximum atomic E-state index is 14.6. The van der Waals surface area contributed by atoms with Crippen molar-refractivity contribution in [3.05, 3.63) is 36.0 Å². The molecule has 121 heavy (non-hydrogen) atoms. The number of aromatic amines is 1. The number of carbonyl (C=O) groups is 18. The minimum atomic E-state index is -5.89. The molecule has 0 spiro atoms. The van der Waals surface area contributed by atoms with Crippen LogP contribution in [0.5, 0.6) is 0 Å². The highest BCUT2D eigenvalue weighted by Gasteiger charge is 2.45. The number of likely N-dealkylation sites (tertiary alicyclic amines) is 2. The number of nitrogens with zero attached hydrogens (tertiary/aromatic N) is 2. The number of benzene rings is 1. The van der Waals surface area contributed by atoms with E-state index in [1.54, 1.807) is 72.0 Å². The molecule has 45 nitrogen and oxygen atoms in total. The van der Waals surface area contributed by atoms with Gasteiger partial charge in [-0.1, -0.05) is 59.7 Å². The number of carboxylic acids is 3. The molecule has 2 aromatic rings. The smallest absolute Gasteiger partial charge is 0.326 e. The SMILES string of the molecule is CC(C)C[C@H](NC(=O)[C@H](CCCCN)NC(=O)[C@H](Cc1c[nH]c2ccccc12)NC(=O)[C@H](CC(C)C)NC(=O)[C@H](CC(=O)O)NC(=O)[C@H](CO)NC(=O)[C@H](C)NC(=O)[C@@H](NC(=O)[C@H](CCC(=O)O)NC(=O)[C@H](CCC(N)=O)NC(=O)[C@H](CO)NC(=O)[C@H](CC(C)C)NC(=O)[C@@H]1CCCN1C(=O)[C@@H]1CCCN1C(=O)[C@H](C)N)[C@@H](C)OP(=O)([O-])O)C(=O)O. The Bertz CT molecular complexity index is 4050. The predicted octanol–water partition coefficient (Wildman–Crippen LogP) is -6.32. The topological polar surface area (TPSA) is 723 Å². The molecule has 3 heterocycles. The van der Waals surface area contributed by atoms with E-state index < -0.39 is 262 Å². The molecule has 2 fully saturated rings. The molecule has 2 aliphatic rings. The molecule has 2 saturated heterocycles. The summed E-state index contributed by atoms with van der Waals surface area (Å²) >= 11 is 0. The number of carbonyl (C=O) groups excluding carboxylic acids is 15. The zero-order valence-corrected chi connectivity index (χ0v) is 69.9. The lowest BCUT2D eigenvalue weighted by molar-refractivity contribution is -0.224. The zero-order chi connectivity index (χ0) is 91.0. The largest absolute Gasteiger partial charge is 0.756 e. The molecular formula is C75H118N18O27P-. The van der Waals surface area contributed by atoms with E-state index in [4.69, 9.17) is 17.2 Å². The summed E-state index contributed by atoms with van der Waals surface area (Å²) in [4.78, 5) is 273. The van der Waals surface area contributed by atoms with Crippen molar-refractivity contribution in [1.82, 2.24) is 78.6 Å². The third-order valence-electron chi connectivity index (χ3n) is 19.7. The second kappa shape index (κ2) is 49.2. The number of amides is 15. The molecule has 676 valence electrons. The van der Waals surface area contributed by atoms with Crippen molar-refractivity contribution < 1.29 is 131 Å². The number of aliphatic hydroxyl groups is 2. The minimum absolute atomic E-state index is 0.0174. The second-order valence-electron chi connectivity index (χ2n) is 31.3. The number of para-hydroxylation sites is 1. The van der Waals surface area contributed by atoms with Crippen LogP contribution in [0.3, 0.4) is 0 Å². The van der Waals surface area contributed by atoms with Gasteiger partial charge in [0.25, 0.3) is 7.82 Å². The Kier molecular flexibility index (Phi) is 41.7. The summed E-state index contributed by atoms with van der Waals surface area (Å²) in [6.45, 7) is 11.5. The highest BCUT2D eigenvalue weighted by Crippen LogP contribution is 2.33. The summed E-state index contributed by atoms with van der Waals surface area (Å²) in [5.74, 6) is -22.2. The Morgan fingerprint density at radius 2 is 0.959 bits per heavy atom. The summed E-state index contributed by atoms with van der Waals surface area (Å²) in [5, 5.41) is 78.9. The molecule has 1 unspecified atom stereocenters. The number of aliphatic carboxylic acids is 3. The molecule has 15 amide bonds. The summed E-state index contributed by atoms with van der Waals surface area (Å²) in [7, 11) is -5.89. The molecule has 4 rings (SSSR count). The van der Waals surface area contributed by atoms with E-state index in [9.17, 15) is 126 Å². The molecule has 0 radical (unpaired) electrons. The van der Waals surface area contributed by atoms with Crippen molar-refractivity contribution in [3.63, 3.8) is 0 Å². The number of aliphatic hydroxyl groups excluding tert-OH is 2. The number of aromatic nitrogens is 1. The molecule has 0 saturated carbocycles. The van der Waals surface area contributed by atoms with Crippen LogP contribution in [0.2, 0.25) is 0 Å². The highest BCUT2D eigenvalue weighted by molar-refractivity contribution is 7.44. The summed E-state index contributed by atoms with van der Waals surface area (Å²) in [5.41, 5.74) is 18.1. The van der Waals surface area contributed by atoms with Gasteiger partial charge in [0.1, 0.15) is 84.6 Å². The maximum absolute atomic E-state index is 14.6. The third kappa shape index (κ3) is 33.6. The fraction of sp³-hybridized carbons (Fsp3) is 0.653. The second-order valence-corrected chi connectivity index (χ2v) is 32.4. The molecule has 25 N–H and O–H groups in total. The van der Waals surface area contributed by atoms with Gasteiger partial charge in [-0.2, -0.15) is 0 Å². The van der Waals surface area contributed by atoms with Crippen LogP contribution in [0.1, 0.15) is 164 Å². The van der Waals surface area contributed by atoms with Gasteiger partial charge in [-0.25, -0.2) is 4.79 Å². The van der Waals surface area contributed by atoms with Crippen LogP contribution in [0.15, 0.2) is 30.5 Å². The Balaban J connectivity index is 1.55. The van der Waals surface area contributed by atoms with E-state index >= 15 is 0 Å². The quantitative estimate of drug-likeness (QED) is 0.0216. The van der Waals surface area contributed by atoms with Crippen molar-refractivity contribution in [2.45, 2.75) is 262 Å².